The van der Waals surface area contributed by atoms with Gasteiger partial charge in [-0.2, -0.15) is 8.42 Å². The van der Waals surface area contributed by atoms with Crippen LogP contribution in [0.2, 0.25) is 0 Å². The Hall–Kier alpha value is -3.06. The molecule has 0 radical (unpaired) electrons. The molecule has 2 N–H and O–H groups in total. The van der Waals surface area contributed by atoms with E-state index in [0.29, 0.717) is 28.8 Å². The van der Waals surface area contributed by atoms with Crippen molar-refractivity contribution >= 4 is 44.3 Å². The molecule has 0 saturated heterocycles. The van der Waals surface area contributed by atoms with Crippen molar-refractivity contribution in [1.82, 2.24) is 14.5 Å². The zero-order valence-corrected chi connectivity index (χ0v) is 21.6. The van der Waals surface area contributed by atoms with Crippen molar-refractivity contribution in [3.05, 3.63) is 69.3 Å². The van der Waals surface area contributed by atoms with Crippen LogP contribution in [0.15, 0.2) is 45.6 Å². The minimum atomic E-state index is -3.91. The van der Waals surface area contributed by atoms with Crippen LogP contribution in [-0.2, 0) is 23.2 Å². The van der Waals surface area contributed by atoms with Crippen LogP contribution in [0, 0.1) is 5.82 Å². The fourth-order valence-electron chi connectivity index (χ4n) is 3.40. The second kappa shape index (κ2) is 10.7. The number of nitrogens with one attached hydrogen (secondary N) is 2. The number of ether oxygens (including phenoxy) is 1. The summed E-state index contributed by atoms with van der Waals surface area (Å²) in [4.78, 5) is 16.6. The van der Waals surface area contributed by atoms with Gasteiger partial charge in [0.25, 0.3) is 15.4 Å². The summed E-state index contributed by atoms with van der Waals surface area (Å²) in [5, 5.41) is 0.921. The number of hydrogen-bond acceptors (Lipinski definition) is 7. The third kappa shape index (κ3) is 6.34. The number of halogens is 1. The van der Waals surface area contributed by atoms with Gasteiger partial charge >= 0.3 is 5.63 Å². The van der Waals surface area contributed by atoms with Crippen LogP contribution in [0.3, 0.4) is 0 Å². The summed E-state index contributed by atoms with van der Waals surface area (Å²) in [6.07, 6.45) is -0.0919. The average Bonchev–Trinajstić information content (AvgIpc) is 2.77. The maximum Gasteiger partial charge on any atom is 0.340 e. The van der Waals surface area contributed by atoms with Gasteiger partial charge in [-0.05, 0) is 55.6 Å². The molecule has 2 aromatic carbocycles. The molecule has 1 heterocycles. The molecule has 35 heavy (non-hydrogen) atoms. The second-order valence-electron chi connectivity index (χ2n) is 8.27. The lowest BCUT2D eigenvalue weighted by Crippen LogP contribution is -2.27. The minimum Gasteiger partial charge on any atom is -0.432 e. The molecule has 1 aromatic heterocycles. The van der Waals surface area contributed by atoms with Crippen LogP contribution < -0.4 is 19.8 Å². The molecule has 3 rings (SSSR count). The molecule has 0 spiro atoms. The van der Waals surface area contributed by atoms with E-state index in [1.54, 1.807) is 37.2 Å². The van der Waals surface area contributed by atoms with E-state index in [-0.39, 0.29) is 28.4 Å². The van der Waals surface area contributed by atoms with Crippen LogP contribution in [0.25, 0.3) is 11.0 Å². The van der Waals surface area contributed by atoms with E-state index in [9.17, 15) is 13.2 Å². The summed E-state index contributed by atoms with van der Waals surface area (Å²) in [5.74, 6) is -0.360. The number of fused-ring (bicyclic) bond motifs is 1. The first kappa shape index (κ1) is 26.5. The van der Waals surface area contributed by atoms with E-state index in [1.165, 1.54) is 25.2 Å². The van der Waals surface area contributed by atoms with E-state index in [2.05, 4.69) is 9.44 Å². The Balaban J connectivity index is 2.09. The summed E-state index contributed by atoms with van der Waals surface area (Å²) >= 11 is 5.17. The number of benzene rings is 2. The van der Waals surface area contributed by atoms with Gasteiger partial charge in [0.1, 0.15) is 11.3 Å². The van der Waals surface area contributed by atoms with Crippen LogP contribution in [0.4, 0.5) is 10.1 Å². The maximum atomic E-state index is 15.2. The highest BCUT2D eigenvalue weighted by atomic mass is 32.2. The van der Waals surface area contributed by atoms with Crippen molar-refractivity contribution in [2.75, 3.05) is 40.0 Å². The van der Waals surface area contributed by atoms with Crippen molar-refractivity contribution < 1.29 is 22.0 Å². The Morgan fingerprint density at radius 1 is 1.14 bits per heavy atom. The Morgan fingerprint density at radius 3 is 2.49 bits per heavy atom. The molecule has 0 amide bonds. The lowest BCUT2D eigenvalue weighted by Gasteiger charge is -2.18. The van der Waals surface area contributed by atoms with Gasteiger partial charge in [0.05, 0.1) is 5.69 Å². The van der Waals surface area contributed by atoms with Gasteiger partial charge in [0.2, 0.25) is 0 Å². The Bertz CT molecular complexity index is 1420. The Kier molecular flexibility index (Phi) is 8.11. The van der Waals surface area contributed by atoms with Crippen molar-refractivity contribution in [1.29, 1.82) is 0 Å². The van der Waals surface area contributed by atoms with Crippen LogP contribution in [0.5, 0.6) is 5.75 Å². The highest BCUT2D eigenvalue weighted by molar-refractivity contribution is 7.90. The smallest absolute Gasteiger partial charge is 0.340 e. The van der Waals surface area contributed by atoms with Gasteiger partial charge < -0.3 is 19.0 Å². The quantitative estimate of drug-likeness (QED) is 0.344. The normalized spacial score (nSPS) is 11.6. The zero-order valence-electron chi connectivity index (χ0n) is 20.0. The van der Waals surface area contributed by atoms with E-state index in [4.69, 9.17) is 21.4 Å². The predicted molar refractivity (Wildman–Crippen MR) is 138 cm³/mol. The molecule has 0 fully saturated rings. The molecule has 0 atom stereocenters. The van der Waals surface area contributed by atoms with Gasteiger partial charge in [0, 0.05) is 51.1 Å². The van der Waals surface area contributed by atoms with Gasteiger partial charge in [-0.15, -0.1) is 0 Å². The number of hydrogen-bond donors (Lipinski definition) is 2. The molecule has 0 aliphatic heterocycles. The number of anilines is 1. The summed E-state index contributed by atoms with van der Waals surface area (Å²) in [5.41, 5.74) is 0.548. The summed E-state index contributed by atoms with van der Waals surface area (Å²) in [6.45, 7) is 0.390. The number of thiocarbonyl (C=S) groups is 1. The molecular weight excluding hydrogens is 495 g/mol. The first-order chi connectivity index (χ1) is 16.4. The van der Waals surface area contributed by atoms with Crippen LogP contribution >= 0.6 is 12.2 Å². The van der Waals surface area contributed by atoms with Gasteiger partial charge in [0.15, 0.2) is 5.82 Å². The van der Waals surface area contributed by atoms with Crippen molar-refractivity contribution in [2.45, 2.75) is 13.0 Å². The lowest BCUT2D eigenvalue weighted by atomic mass is 9.97. The zero-order chi connectivity index (χ0) is 25.9. The summed E-state index contributed by atoms with van der Waals surface area (Å²) in [6, 6.07) is 9.38. The van der Waals surface area contributed by atoms with Crippen molar-refractivity contribution in [3.63, 3.8) is 0 Å². The monoisotopic (exact) mass is 522 g/mol. The van der Waals surface area contributed by atoms with Gasteiger partial charge in [-0.25, -0.2) is 13.9 Å². The topological polar surface area (TPSA) is 104 Å². The second-order valence-corrected chi connectivity index (χ2v) is 10.2. The molecule has 0 saturated carbocycles. The number of nitrogens with zero attached hydrogens (tertiary/aromatic N) is 2. The van der Waals surface area contributed by atoms with E-state index >= 15 is 4.39 Å². The maximum absolute atomic E-state index is 15.2. The van der Waals surface area contributed by atoms with E-state index in [1.807, 2.05) is 19.0 Å². The van der Waals surface area contributed by atoms with E-state index in [0.717, 1.165) is 0 Å². The fraction of sp³-hybridized carbons (Fsp3) is 0.304. The molecular formula is C23H27FN4O5S2. The molecule has 3 aromatic rings. The molecule has 0 aliphatic rings. The van der Waals surface area contributed by atoms with Crippen molar-refractivity contribution in [3.8, 4) is 5.75 Å². The van der Waals surface area contributed by atoms with Crippen LogP contribution in [0.1, 0.15) is 16.7 Å². The highest BCUT2D eigenvalue weighted by Gasteiger charge is 2.20. The van der Waals surface area contributed by atoms with Gasteiger partial charge in [-0.1, -0.05) is 12.1 Å². The van der Waals surface area contributed by atoms with Crippen molar-refractivity contribution in [2.24, 2.45) is 0 Å². The van der Waals surface area contributed by atoms with E-state index < -0.39 is 21.7 Å². The largest absolute Gasteiger partial charge is 0.432 e. The molecule has 9 nitrogen and oxygen atoms in total. The third-order valence-corrected chi connectivity index (χ3v) is 6.57. The molecule has 12 heteroatoms. The first-order valence-electron chi connectivity index (χ1n) is 10.5. The Labute approximate surface area is 208 Å². The van der Waals surface area contributed by atoms with Gasteiger partial charge in [-0.3, -0.25) is 4.72 Å². The molecule has 0 bridgehead atoms. The standard InChI is InChI=1S/C23H27FN4O5S2/c1-25-35(30,31)26-19-8-6-7-14(21(19)24)11-17-18(13-27(2)3)16-10-9-15(32-23(34)28(4)5)12-20(16)33-22(17)29/h6-10,12,25-26H,11,13H2,1-5H3. The lowest BCUT2D eigenvalue weighted by molar-refractivity contribution is 0.400. The van der Waals surface area contributed by atoms with Crippen LogP contribution in [-0.4, -0.2) is 58.6 Å². The third-order valence-electron chi connectivity index (χ3n) is 5.10. The number of rotatable bonds is 8. The fourth-order valence-corrected chi connectivity index (χ4v) is 4.04. The highest BCUT2D eigenvalue weighted by Crippen LogP contribution is 2.28. The summed E-state index contributed by atoms with van der Waals surface area (Å²) in [7, 11) is 4.51. The summed E-state index contributed by atoms with van der Waals surface area (Å²) < 4.78 is 54.2. The average molecular weight is 523 g/mol. The SMILES string of the molecule is CNS(=O)(=O)Nc1cccc(Cc2c(CN(C)C)c3ccc(OC(=S)N(C)C)cc3oc2=O)c1F. The molecule has 0 unspecified atom stereocenters. The molecule has 188 valence electrons. The Morgan fingerprint density at radius 2 is 1.86 bits per heavy atom. The minimum absolute atomic E-state index is 0.0919. The first-order valence-corrected chi connectivity index (χ1v) is 12.4. The predicted octanol–water partition coefficient (Wildman–Crippen LogP) is 2.69. The molecule has 0 aliphatic carbocycles.